The van der Waals surface area contributed by atoms with Crippen molar-refractivity contribution in [1.29, 1.82) is 0 Å². The minimum absolute atomic E-state index is 0.0299. The molecule has 150 valence electrons. The number of rotatable bonds is 6. The van der Waals surface area contributed by atoms with Crippen LogP contribution in [0.25, 0.3) is 17.0 Å². The highest BCUT2D eigenvalue weighted by Gasteiger charge is 2.26. The molecule has 0 saturated carbocycles. The molecule has 0 fully saturated rings. The minimum Gasteiger partial charge on any atom is -0.468 e. The SMILES string of the molecule is [2H]C([2H])(Oc1nn2c(-c3ccccc3F)nnc2cc1C(C)(C)O)c1ncnn1C([2H])([2H])C([2H])([2H])[2H]. The quantitative estimate of drug-likeness (QED) is 0.526. The van der Waals surface area contributed by atoms with Crippen molar-refractivity contribution < 1.29 is 23.8 Å². The molecule has 29 heavy (non-hydrogen) atoms. The van der Waals surface area contributed by atoms with Crippen LogP contribution in [-0.2, 0) is 18.7 Å². The molecular formula is C19H20FN7O2. The van der Waals surface area contributed by atoms with Crippen molar-refractivity contribution in [1.82, 2.24) is 34.6 Å². The van der Waals surface area contributed by atoms with Gasteiger partial charge in [0.25, 0.3) is 0 Å². The molecule has 0 saturated heterocycles. The van der Waals surface area contributed by atoms with Crippen LogP contribution in [0, 0.1) is 5.82 Å². The van der Waals surface area contributed by atoms with E-state index in [4.69, 9.17) is 14.3 Å². The molecule has 0 spiro atoms. The summed E-state index contributed by atoms with van der Waals surface area (Å²) in [7, 11) is 0. The zero-order valence-corrected chi connectivity index (χ0v) is 15.3. The Balaban J connectivity index is 1.87. The Morgan fingerprint density at radius 2 is 2.14 bits per heavy atom. The largest absolute Gasteiger partial charge is 0.468 e. The van der Waals surface area contributed by atoms with E-state index in [0.717, 1.165) is 10.8 Å². The van der Waals surface area contributed by atoms with Gasteiger partial charge in [0.05, 0.1) is 22.2 Å². The number of ether oxygens (including phenoxy) is 1. The monoisotopic (exact) mass is 404 g/mol. The lowest BCUT2D eigenvalue weighted by atomic mass is 10.0. The minimum atomic E-state index is -3.21. The maximum atomic E-state index is 14.4. The summed E-state index contributed by atoms with van der Waals surface area (Å²) in [6.45, 7) is -6.56. The van der Waals surface area contributed by atoms with Gasteiger partial charge >= 0.3 is 0 Å². The van der Waals surface area contributed by atoms with Crippen LogP contribution in [-0.4, -0.2) is 39.7 Å². The van der Waals surface area contributed by atoms with Gasteiger partial charge in [0.2, 0.25) is 5.88 Å². The van der Waals surface area contributed by atoms with Gasteiger partial charge in [0.1, 0.15) is 18.7 Å². The van der Waals surface area contributed by atoms with E-state index in [2.05, 4.69) is 25.4 Å². The van der Waals surface area contributed by atoms with Crippen molar-refractivity contribution in [2.24, 2.45) is 0 Å². The van der Waals surface area contributed by atoms with Gasteiger partial charge < -0.3 is 9.84 Å². The Labute approximate surface area is 175 Å². The van der Waals surface area contributed by atoms with Gasteiger partial charge in [0, 0.05) is 10.6 Å². The van der Waals surface area contributed by atoms with Gasteiger partial charge in [-0.1, -0.05) is 12.1 Å². The van der Waals surface area contributed by atoms with E-state index >= 15 is 0 Å². The second kappa shape index (κ2) is 7.21. The van der Waals surface area contributed by atoms with Crippen LogP contribution in [0.5, 0.6) is 5.88 Å². The summed E-state index contributed by atoms with van der Waals surface area (Å²) in [5.74, 6) is -1.93. The van der Waals surface area contributed by atoms with E-state index < -0.39 is 43.0 Å². The summed E-state index contributed by atoms with van der Waals surface area (Å²) in [6, 6.07) is 7.04. The van der Waals surface area contributed by atoms with Crippen LogP contribution in [0.2, 0.25) is 0 Å². The van der Waals surface area contributed by atoms with Gasteiger partial charge in [-0.2, -0.15) is 9.61 Å². The second-order valence-electron chi connectivity index (χ2n) is 6.51. The summed E-state index contributed by atoms with van der Waals surface area (Å²) in [5.41, 5.74) is -1.52. The summed E-state index contributed by atoms with van der Waals surface area (Å²) in [6.07, 6.45) is 0.781. The fourth-order valence-electron chi connectivity index (χ4n) is 2.63. The van der Waals surface area contributed by atoms with Crippen molar-refractivity contribution in [3.63, 3.8) is 0 Å². The van der Waals surface area contributed by atoms with E-state index in [0.29, 0.717) is 0 Å². The van der Waals surface area contributed by atoms with Gasteiger partial charge in [-0.15, -0.1) is 15.3 Å². The molecule has 9 nitrogen and oxygen atoms in total. The predicted molar refractivity (Wildman–Crippen MR) is 101 cm³/mol. The molecule has 0 atom stereocenters. The molecule has 0 radical (unpaired) electrons. The summed E-state index contributed by atoms with van der Waals surface area (Å²) < 4.78 is 76.3. The van der Waals surface area contributed by atoms with Gasteiger partial charge in [-0.3, -0.25) is 0 Å². The highest BCUT2D eigenvalue weighted by molar-refractivity contribution is 5.60. The highest BCUT2D eigenvalue weighted by Crippen LogP contribution is 2.31. The first kappa shape index (κ1) is 12.2. The molecule has 4 aromatic rings. The van der Waals surface area contributed by atoms with Gasteiger partial charge in [-0.25, -0.2) is 14.1 Å². The van der Waals surface area contributed by atoms with E-state index in [1.54, 1.807) is 6.07 Å². The van der Waals surface area contributed by atoms with Crippen LogP contribution < -0.4 is 4.74 Å². The Morgan fingerprint density at radius 1 is 1.31 bits per heavy atom. The van der Waals surface area contributed by atoms with E-state index in [9.17, 15) is 9.50 Å². The smallest absolute Gasteiger partial charge is 0.238 e. The first-order valence-electron chi connectivity index (χ1n) is 11.9. The van der Waals surface area contributed by atoms with Crippen LogP contribution >= 0.6 is 0 Å². The molecule has 0 aliphatic heterocycles. The van der Waals surface area contributed by atoms with Crippen LogP contribution in [0.4, 0.5) is 4.39 Å². The number of hydrogen-bond donors (Lipinski definition) is 1. The standard InChI is InChI=1S/C19H20FN7O2/c1-4-26-16(21-11-22-26)10-29-18-13(19(2,3)28)9-15-23-24-17(27(15)25-18)12-7-5-6-8-14(12)20/h5-9,11,28H,4,10H2,1-3H3/i1D3,4D2,10D2. The molecule has 0 aliphatic rings. The maximum Gasteiger partial charge on any atom is 0.238 e. The Morgan fingerprint density at radius 3 is 2.90 bits per heavy atom. The van der Waals surface area contributed by atoms with Crippen molar-refractivity contribution in [3.8, 4) is 17.3 Å². The molecule has 0 bridgehead atoms. The first-order valence-corrected chi connectivity index (χ1v) is 8.38. The Hall–Kier alpha value is -3.40. The average molecular weight is 404 g/mol. The number of aliphatic hydroxyl groups is 1. The van der Waals surface area contributed by atoms with E-state index in [1.165, 1.54) is 38.1 Å². The molecule has 0 aliphatic carbocycles. The molecule has 0 amide bonds. The van der Waals surface area contributed by atoms with Crippen molar-refractivity contribution in [3.05, 3.63) is 53.9 Å². The zero-order valence-electron chi connectivity index (χ0n) is 22.3. The molecule has 10 heteroatoms. The lowest BCUT2D eigenvalue weighted by molar-refractivity contribution is 0.0729. The number of aryl methyl sites for hydroxylation is 1. The Bertz CT molecular complexity index is 1430. The molecule has 0 unspecified atom stereocenters. The summed E-state index contributed by atoms with van der Waals surface area (Å²) in [5, 5.41) is 26.3. The fraction of sp³-hybridized carbons (Fsp3) is 0.316. The third-order valence-corrected chi connectivity index (χ3v) is 4.03. The van der Waals surface area contributed by atoms with Gasteiger partial charge in [0.15, 0.2) is 17.3 Å². The third-order valence-electron chi connectivity index (χ3n) is 4.03. The first-order chi connectivity index (χ1) is 16.5. The lowest BCUT2D eigenvalue weighted by Crippen LogP contribution is -2.20. The van der Waals surface area contributed by atoms with Crippen LogP contribution in [0.3, 0.4) is 0 Å². The molecule has 1 N–H and O–H groups in total. The zero-order chi connectivity index (χ0) is 26.7. The summed E-state index contributed by atoms with van der Waals surface area (Å²) >= 11 is 0. The topological polar surface area (TPSA) is 103 Å². The number of halogens is 1. The van der Waals surface area contributed by atoms with E-state index in [1.807, 2.05) is 0 Å². The normalized spacial score (nSPS) is 16.9. The number of fused-ring (bicyclic) bond motifs is 1. The average Bonchev–Trinajstić information content (AvgIpc) is 3.40. The van der Waals surface area contributed by atoms with Crippen LogP contribution in [0.15, 0.2) is 36.7 Å². The van der Waals surface area contributed by atoms with Crippen molar-refractivity contribution in [2.75, 3.05) is 0 Å². The molecule has 3 aromatic heterocycles. The maximum absolute atomic E-state index is 14.4. The molecule has 1 aromatic carbocycles. The van der Waals surface area contributed by atoms with Crippen molar-refractivity contribution >= 4 is 5.65 Å². The molecule has 3 heterocycles. The summed E-state index contributed by atoms with van der Waals surface area (Å²) in [4.78, 5) is 3.68. The number of aromatic nitrogens is 7. The van der Waals surface area contributed by atoms with Crippen molar-refractivity contribution in [2.45, 2.75) is 39.4 Å². The lowest BCUT2D eigenvalue weighted by Gasteiger charge is -2.20. The predicted octanol–water partition coefficient (Wildman–Crippen LogP) is 2.35. The number of hydrogen-bond acceptors (Lipinski definition) is 7. The number of benzene rings is 1. The fourth-order valence-corrected chi connectivity index (χ4v) is 2.63. The van der Waals surface area contributed by atoms with E-state index in [-0.39, 0.29) is 27.3 Å². The number of nitrogens with zero attached hydrogens (tertiary/aromatic N) is 7. The van der Waals surface area contributed by atoms with Crippen LogP contribution in [0.1, 0.15) is 41.7 Å². The van der Waals surface area contributed by atoms with Gasteiger partial charge in [-0.05, 0) is 38.9 Å². The molecule has 4 rings (SSSR count). The second-order valence-corrected chi connectivity index (χ2v) is 6.51. The Kier molecular flexibility index (Phi) is 3.04. The highest BCUT2D eigenvalue weighted by atomic mass is 19.1. The third kappa shape index (κ3) is 3.54. The molecular weight excluding hydrogens is 377 g/mol.